The molecule has 4 rings (SSSR count). The minimum Gasteiger partial charge on any atom is -0.355 e. The van der Waals surface area contributed by atoms with E-state index in [9.17, 15) is 0 Å². The fourth-order valence-electron chi connectivity index (χ4n) is 3.44. The normalized spacial score (nSPS) is 17.0. The van der Waals surface area contributed by atoms with Gasteiger partial charge in [0, 0.05) is 31.7 Å². The Morgan fingerprint density at radius 1 is 1.11 bits per heavy atom. The Balaban J connectivity index is 1.39. The second-order valence-corrected chi connectivity index (χ2v) is 7.26. The maximum atomic E-state index is 5.43. The summed E-state index contributed by atoms with van der Waals surface area (Å²) < 4.78 is 5.43. The largest absolute Gasteiger partial charge is 0.355 e. The third-order valence-electron chi connectivity index (χ3n) is 5.16. The molecule has 6 heteroatoms. The van der Waals surface area contributed by atoms with Crippen LogP contribution in [-0.4, -0.2) is 53.3 Å². The third-order valence-corrected chi connectivity index (χ3v) is 5.16. The molecule has 1 aliphatic heterocycles. The van der Waals surface area contributed by atoms with Gasteiger partial charge in [0.05, 0.1) is 5.56 Å². The first-order valence-electron chi connectivity index (χ1n) is 9.43. The number of aryl methyl sites for hydroxylation is 2. The van der Waals surface area contributed by atoms with Crippen molar-refractivity contribution in [3.63, 3.8) is 0 Å². The molecule has 3 aromatic rings. The molecule has 1 aliphatic rings. The van der Waals surface area contributed by atoms with E-state index in [-0.39, 0.29) is 0 Å². The predicted octanol–water partition coefficient (Wildman–Crippen LogP) is 3.06. The summed E-state index contributed by atoms with van der Waals surface area (Å²) in [5.41, 5.74) is 2.14. The second-order valence-electron chi connectivity index (χ2n) is 7.26. The number of anilines is 1. The van der Waals surface area contributed by atoms with E-state index in [2.05, 4.69) is 51.2 Å². The first-order valence-corrected chi connectivity index (χ1v) is 9.43. The quantitative estimate of drug-likeness (QED) is 0.671. The van der Waals surface area contributed by atoms with E-state index < -0.39 is 0 Å². The van der Waals surface area contributed by atoms with E-state index in [1.54, 1.807) is 0 Å². The smallest absolute Gasteiger partial charge is 0.259 e. The number of pyridine rings is 1. The van der Waals surface area contributed by atoms with E-state index >= 15 is 0 Å². The molecule has 3 heterocycles. The monoisotopic (exact) mass is 363 g/mol. The Kier molecular flexibility index (Phi) is 5.16. The zero-order valence-corrected chi connectivity index (χ0v) is 15.9. The molecule has 0 aliphatic carbocycles. The highest BCUT2D eigenvalue weighted by Gasteiger charge is 2.24. The number of rotatable bonds is 6. The fraction of sp³-hybridized carbons (Fsp3) is 0.381. The van der Waals surface area contributed by atoms with Crippen molar-refractivity contribution in [3.05, 3.63) is 60.0 Å². The summed E-state index contributed by atoms with van der Waals surface area (Å²) in [6.07, 6.45) is 4.66. The molecule has 1 unspecified atom stereocenters. The lowest BCUT2D eigenvalue weighted by Crippen LogP contribution is -2.31. The van der Waals surface area contributed by atoms with Gasteiger partial charge in [-0.3, -0.25) is 0 Å². The molecule has 0 radical (unpaired) electrons. The van der Waals surface area contributed by atoms with Crippen molar-refractivity contribution in [1.82, 2.24) is 20.0 Å². The molecule has 27 heavy (non-hydrogen) atoms. The van der Waals surface area contributed by atoms with Gasteiger partial charge in [0.1, 0.15) is 5.82 Å². The highest BCUT2D eigenvalue weighted by atomic mass is 16.5. The van der Waals surface area contributed by atoms with Crippen LogP contribution in [0.4, 0.5) is 5.82 Å². The summed E-state index contributed by atoms with van der Waals surface area (Å²) >= 11 is 0. The van der Waals surface area contributed by atoms with Gasteiger partial charge < -0.3 is 14.3 Å². The Bertz CT molecular complexity index is 860. The van der Waals surface area contributed by atoms with Crippen molar-refractivity contribution in [2.45, 2.75) is 25.3 Å². The van der Waals surface area contributed by atoms with E-state index in [1.807, 2.05) is 36.5 Å². The van der Waals surface area contributed by atoms with Crippen molar-refractivity contribution >= 4 is 5.82 Å². The minimum absolute atomic E-state index is 0.532. The average Bonchev–Trinajstić information content (AvgIpc) is 3.37. The summed E-state index contributed by atoms with van der Waals surface area (Å²) in [5, 5.41) is 4.11. The first kappa shape index (κ1) is 17.7. The highest BCUT2D eigenvalue weighted by molar-refractivity contribution is 5.55. The molecule has 0 bridgehead atoms. The molecule has 1 saturated heterocycles. The van der Waals surface area contributed by atoms with Crippen LogP contribution in [-0.2, 0) is 12.8 Å². The van der Waals surface area contributed by atoms with Gasteiger partial charge in [-0.1, -0.05) is 35.5 Å². The van der Waals surface area contributed by atoms with Crippen LogP contribution >= 0.6 is 0 Å². The molecule has 0 N–H and O–H groups in total. The Hall–Kier alpha value is -2.73. The number of aromatic nitrogens is 3. The average molecular weight is 363 g/mol. The Morgan fingerprint density at radius 3 is 2.67 bits per heavy atom. The molecule has 140 valence electrons. The molecule has 0 spiro atoms. The number of nitrogens with zero attached hydrogens (tertiary/aromatic N) is 5. The second kappa shape index (κ2) is 7.88. The van der Waals surface area contributed by atoms with Crippen molar-refractivity contribution in [2.24, 2.45) is 0 Å². The van der Waals surface area contributed by atoms with Gasteiger partial charge in [0.25, 0.3) is 5.89 Å². The lowest BCUT2D eigenvalue weighted by atomic mass is 10.1. The van der Waals surface area contributed by atoms with Gasteiger partial charge in [-0.15, -0.1) is 0 Å². The molecule has 1 fully saturated rings. The van der Waals surface area contributed by atoms with E-state index in [0.29, 0.717) is 11.9 Å². The standard InChI is InChI=1S/C21H25N5O/c1-25(2)18-12-13-26(15-18)20-11-9-17(14-22-20)21-23-19(24-27-21)10-8-16-6-4-3-5-7-16/h3-7,9,11,14,18H,8,10,12-13,15H2,1-2H3. The molecule has 0 amide bonds. The first-order chi connectivity index (χ1) is 13.2. The summed E-state index contributed by atoms with van der Waals surface area (Å²) in [5.74, 6) is 2.27. The third kappa shape index (κ3) is 4.17. The van der Waals surface area contributed by atoms with Gasteiger partial charge >= 0.3 is 0 Å². The molecular formula is C21H25N5O. The van der Waals surface area contributed by atoms with Crippen molar-refractivity contribution in [2.75, 3.05) is 32.1 Å². The molecule has 1 atom stereocenters. The number of likely N-dealkylation sites (N-methyl/N-ethyl adjacent to an activating group) is 1. The van der Waals surface area contributed by atoms with E-state index in [1.165, 1.54) is 12.0 Å². The van der Waals surface area contributed by atoms with Gasteiger partial charge in [-0.05, 0) is 44.6 Å². The molecule has 2 aromatic heterocycles. The van der Waals surface area contributed by atoms with Crippen LogP contribution in [0, 0.1) is 0 Å². The molecule has 6 nitrogen and oxygen atoms in total. The van der Waals surface area contributed by atoms with Crippen LogP contribution in [0.15, 0.2) is 53.2 Å². The van der Waals surface area contributed by atoms with Crippen LogP contribution in [0.1, 0.15) is 17.8 Å². The highest BCUT2D eigenvalue weighted by Crippen LogP contribution is 2.23. The van der Waals surface area contributed by atoms with Gasteiger partial charge in [0.2, 0.25) is 0 Å². The molecular weight excluding hydrogens is 338 g/mol. The fourth-order valence-corrected chi connectivity index (χ4v) is 3.44. The maximum absolute atomic E-state index is 5.43. The number of benzene rings is 1. The van der Waals surface area contributed by atoms with Crippen LogP contribution in [0.25, 0.3) is 11.5 Å². The van der Waals surface area contributed by atoms with Crippen molar-refractivity contribution in [1.29, 1.82) is 0 Å². The summed E-state index contributed by atoms with van der Waals surface area (Å²) in [7, 11) is 4.27. The van der Waals surface area contributed by atoms with Crippen LogP contribution in [0.5, 0.6) is 0 Å². The maximum Gasteiger partial charge on any atom is 0.259 e. The van der Waals surface area contributed by atoms with Gasteiger partial charge in [-0.2, -0.15) is 4.98 Å². The van der Waals surface area contributed by atoms with Gasteiger partial charge in [0.15, 0.2) is 5.82 Å². The lowest BCUT2D eigenvalue weighted by Gasteiger charge is -2.21. The lowest BCUT2D eigenvalue weighted by molar-refractivity contribution is 0.315. The topological polar surface area (TPSA) is 58.3 Å². The number of hydrogen-bond donors (Lipinski definition) is 0. The Morgan fingerprint density at radius 2 is 1.96 bits per heavy atom. The number of hydrogen-bond acceptors (Lipinski definition) is 6. The van der Waals surface area contributed by atoms with Crippen LogP contribution < -0.4 is 4.90 Å². The van der Waals surface area contributed by atoms with E-state index in [4.69, 9.17) is 4.52 Å². The molecule has 0 saturated carbocycles. The Labute approximate surface area is 159 Å². The van der Waals surface area contributed by atoms with Crippen LogP contribution in [0.3, 0.4) is 0 Å². The van der Waals surface area contributed by atoms with E-state index in [0.717, 1.165) is 43.1 Å². The van der Waals surface area contributed by atoms with Crippen molar-refractivity contribution in [3.8, 4) is 11.5 Å². The van der Waals surface area contributed by atoms with Crippen molar-refractivity contribution < 1.29 is 4.52 Å². The summed E-state index contributed by atoms with van der Waals surface area (Å²) in [6, 6.07) is 15.0. The summed E-state index contributed by atoms with van der Waals surface area (Å²) in [6.45, 7) is 2.06. The predicted molar refractivity (Wildman–Crippen MR) is 106 cm³/mol. The zero-order valence-electron chi connectivity index (χ0n) is 15.9. The summed E-state index contributed by atoms with van der Waals surface area (Å²) in [4.78, 5) is 13.7. The SMILES string of the molecule is CN(C)C1CCN(c2ccc(-c3nc(CCc4ccccc4)no3)cn2)C1. The minimum atomic E-state index is 0.532. The van der Waals surface area contributed by atoms with Gasteiger partial charge in [-0.25, -0.2) is 4.98 Å². The zero-order chi connectivity index (χ0) is 18.6. The van der Waals surface area contributed by atoms with Crippen LogP contribution in [0.2, 0.25) is 0 Å². The molecule has 1 aromatic carbocycles.